The summed E-state index contributed by atoms with van der Waals surface area (Å²) in [6, 6.07) is 5.90. The average Bonchev–Trinajstić information content (AvgIpc) is 2.77. The molecule has 2 N–H and O–H groups in total. The molecule has 1 fully saturated rings. The highest BCUT2D eigenvalue weighted by molar-refractivity contribution is 5.76. The zero-order chi connectivity index (χ0) is 13.0. The first kappa shape index (κ1) is 12.5. The molecular formula is C13H18N2O3. The molecule has 1 saturated heterocycles. The molecule has 2 amide bonds. The number of ether oxygens (including phenoxy) is 2. The highest BCUT2D eigenvalue weighted by atomic mass is 16.5. The van der Waals surface area contributed by atoms with Crippen molar-refractivity contribution in [1.29, 1.82) is 0 Å². The summed E-state index contributed by atoms with van der Waals surface area (Å²) in [6.07, 6.45) is 0.779. The molecule has 1 atom stereocenters. The lowest BCUT2D eigenvalue weighted by molar-refractivity contribution is 0.247. The molecule has 1 aromatic rings. The lowest BCUT2D eigenvalue weighted by Crippen LogP contribution is -2.28. The van der Waals surface area contributed by atoms with Crippen molar-refractivity contribution in [2.24, 2.45) is 0 Å². The Morgan fingerprint density at radius 1 is 1.39 bits per heavy atom. The van der Waals surface area contributed by atoms with Crippen LogP contribution in [0.4, 0.5) is 4.79 Å². The molecule has 0 spiro atoms. The molecule has 18 heavy (non-hydrogen) atoms. The average molecular weight is 250 g/mol. The Morgan fingerprint density at radius 2 is 2.22 bits per heavy atom. The second-order valence-electron chi connectivity index (χ2n) is 4.17. The van der Waals surface area contributed by atoms with Gasteiger partial charge in [0.25, 0.3) is 0 Å². The van der Waals surface area contributed by atoms with Gasteiger partial charge in [0.2, 0.25) is 0 Å². The van der Waals surface area contributed by atoms with E-state index in [1.165, 1.54) is 0 Å². The predicted octanol–water partition coefficient (Wildman–Crippen LogP) is 1.32. The van der Waals surface area contributed by atoms with Gasteiger partial charge in [0.15, 0.2) is 11.5 Å². The molecule has 1 unspecified atom stereocenters. The molecule has 0 radical (unpaired) electrons. The number of methoxy groups -OCH3 is 1. The topological polar surface area (TPSA) is 59.6 Å². The smallest absolute Gasteiger partial charge is 0.315 e. The van der Waals surface area contributed by atoms with Gasteiger partial charge in [0, 0.05) is 6.54 Å². The highest BCUT2D eigenvalue weighted by Gasteiger charge is 2.20. The molecule has 0 saturated carbocycles. The van der Waals surface area contributed by atoms with Gasteiger partial charge in [-0.2, -0.15) is 0 Å². The Balaban J connectivity index is 2.07. The normalized spacial score (nSPS) is 18.1. The van der Waals surface area contributed by atoms with E-state index in [9.17, 15) is 4.79 Å². The number of urea groups is 1. The van der Waals surface area contributed by atoms with Gasteiger partial charge in [-0.3, -0.25) is 0 Å². The second-order valence-corrected chi connectivity index (χ2v) is 4.17. The molecule has 1 aliphatic heterocycles. The molecule has 98 valence electrons. The zero-order valence-corrected chi connectivity index (χ0v) is 10.7. The predicted molar refractivity (Wildman–Crippen MR) is 68.2 cm³/mol. The SMILES string of the molecule is CCOc1ccc(CC2CNC(=O)N2)cc1OC. The van der Waals surface area contributed by atoms with E-state index in [2.05, 4.69) is 10.6 Å². The number of rotatable bonds is 5. The summed E-state index contributed by atoms with van der Waals surface area (Å²) in [4.78, 5) is 11.0. The van der Waals surface area contributed by atoms with Gasteiger partial charge < -0.3 is 20.1 Å². The van der Waals surface area contributed by atoms with Crippen LogP contribution in [0.5, 0.6) is 11.5 Å². The van der Waals surface area contributed by atoms with E-state index in [-0.39, 0.29) is 12.1 Å². The van der Waals surface area contributed by atoms with Crippen molar-refractivity contribution >= 4 is 6.03 Å². The van der Waals surface area contributed by atoms with Crippen molar-refractivity contribution in [3.05, 3.63) is 23.8 Å². The number of hydrogen-bond acceptors (Lipinski definition) is 3. The van der Waals surface area contributed by atoms with Crippen molar-refractivity contribution < 1.29 is 14.3 Å². The minimum absolute atomic E-state index is 0.0992. The van der Waals surface area contributed by atoms with Crippen molar-refractivity contribution in [3.8, 4) is 11.5 Å². The molecule has 0 aromatic heterocycles. The monoisotopic (exact) mass is 250 g/mol. The number of carbonyl (C=O) groups excluding carboxylic acids is 1. The van der Waals surface area contributed by atoms with Gasteiger partial charge in [0.1, 0.15) is 0 Å². The van der Waals surface area contributed by atoms with Crippen LogP contribution in [0.1, 0.15) is 12.5 Å². The summed E-state index contributed by atoms with van der Waals surface area (Å²) in [6.45, 7) is 3.21. The molecule has 5 nitrogen and oxygen atoms in total. The van der Waals surface area contributed by atoms with Crippen LogP contribution in [-0.2, 0) is 6.42 Å². The molecule has 1 aliphatic rings. The van der Waals surface area contributed by atoms with Gasteiger partial charge in [-0.1, -0.05) is 6.07 Å². The fourth-order valence-corrected chi connectivity index (χ4v) is 2.02. The summed E-state index contributed by atoms with van der Waals surface area (Å²) in [7, 11) is 1.63. The number of carbonyl (C=O) groups is 1. The first-order valence-corrected chi connectivity index (χ1v) is 6.07. The van der Waals surface area contributed by atoms with Gasteiger partial charge >= 0.3 is 6.03 Å². The fraction of sp³-hybridized carbons (Fsp3) is 0.462. The maximum absolute atomic E-state index is 11.0. The summed E-state index contributed by atoms with van der Waals surface area (Å²) in [5, 5.41) is 5.60. The number of amides is 2. The van der Waals surface area contributed by atoms with E-state index < -0.39 is 0 Å². The Hall–Kier alpha value is -1.91. The van der Waals surface area contributed by atoms with Gasteiger partial charge in [-0.05, 0) is 31.0 Å². The fourth-order valence-electron chi connectivity index (χ4n) is 2.02. The number of hydrogen-bond donors (Lipinski definition) is 2. The van der Waals surface area contributed by atoms with Crippen LogP contribution in [0, 0.1) is 0 Å². The van der Waals surface area contributed by atoms with Crippen LogP contribution in [-0.4, -0.2) is 32.3 Å². The number of benzene rings is 1. The Kier molecular flexibility index (Phi) is 3.92. The molecule has 1 aromatic carbocycles. The second kappa shape index (κ2) is 5.62. The van der Waals surface area contributed by atoms with E-state index in [4.69, 9.17) is 9.47 Å². The molecule has 1 heterocycles. The van der Waals surface area contributed by atoms with Gasteiger partial charge in [-0.15, -0.1) is 0 Å². The quantitative estimate of drug-likeness (QED) is 0.828. The van der Waals surface area contributed by atoms with Crippen molar-refractivity contribution in [1.82, 2.24) is 10.6 Å². The summed E-state index contributed by atoms with van der Waals surface area (Å²) < 4.78 is 10.8. The van der Waals surface area contributed by atoms with Crippen LogP contribution in [0.3, 0.4) is 0 Å². The number of nitrogens with one attached hydrogen (secondary N) is 2. The zero-order valence-electron chi connectivity index (χ0n) is 10.7. The van der Waals surface area contributed by atoms with Crippen molar-refractivity contribution in [2.45, 2.75) is 19.4 Å². The molecule has 5 heteroatoms. The third-order valence-corrected chi connectivity index (χ3v) is 2.85. The largest absolute Gasteiger partial charge is 0.493 e. The minimum Gasteiger partial charge on any atom is -0.493 e. The summed E-state index contributed by atoms with van der Waals surface area (Å²) >= 11 is 0. The maximum Gasteiger partial charge on any atom is 0.315 e. The first-order chi connectivity index (χ1) is 8.72. The Labute approximate surface area is 106 Å². The van der Waals surface area contributed by atoms with Crippen LogP contribution in [0.25, 0.3) is 0 Å². The maximum atomic E-state index is 11.0. The van der Waals surface area contributed by atoms with E-state index >= 15 is 0 Å². The highest BCUT2D eigenvalue weighted by Crippen LogP contribution is 2.28. The third-order valence-electron chi connectivity index (χ3n) is 2.85. The van der Waals surface area contributed by atoms with Crippen LogP contribution in [0.2, 0.25) is 0 Å². The molecule has 2 rings (SSSR count). The van der Waals surface area contributed by atoms with Crippen LogP contribution < -0.4 is 20.1 Å². The van der Waals surface area contributed by atoms with E-state index in [0.29, 0.717) is 13.2 Å². The van der Waals surface area contributed by atoms with Gasteiger partial charge in [-0.25, -0.2) is 4.79 Å². The van der Waals surface area contributed by atoms with E-state index in [1.807, 2.05) is 25.1 Å². The van der Waals surface area contributed by atoms with E-state index in [1.54, 1.807) is 7.11 Å². The Morgan fingerprint density at radius 3 is 2.83 bits per heavy atom. The Bertz CT molecular complexity index is 434. The standard InChI is InChI=1S/C13H18N2O3/c1-3-18-11-5-4-9(7-12(11)17-2)6-10-8-14-13(16)15-10/h4-5,7,10H,3,6,8H2,1-2H3,(H2,14,15,16). The molecule has 0 aliphatic carbocycles. The molecule has 0 bridgehead atoms. The lowest BCUT2D eigenvalue weighted by Gasteiger charge is -2.13. The molecular weight excluding hydrogens is 232 g/mol. The minimum atomic E-state index is -0.0992. The summed E-state index contributed by atoms with van der Waals surface area (Å²) in [5.74, 6) is 1.48. The van der Waals surface area contributed by atoms with Crippen molar-refractivity contribution in [2.75, 3.05) is 20.3 Å². The van der Waals surface area contributed by atoms with Crippen LogP contribution >= 0.6 is 0 Å². The lowest BCUT2D eigenvalue weighted by atomic mass is 10.1. The van der Waals surface area contributed by atoms with Crippen molar-refractivity contribution in [3.63, 3.8) is 0 Å². The first-order valence-electron chi connectivity index (χ1n) is 6.07. The van der Waals surface area contributed by atoms with Gasteiger partial charge in [0.05, 0.1) is 19.8 Å². The van der Waals surface area contributed by atoms with Crippen LogP contribution in [0.15, 0.2) is 18.2 Å². The van der Waals surface area contributed by atoms with E-state index in [0.717, 1.165) is 23.5 Å². The summed E-state index contributed by atoms with van der Waals surface area (Å²) in [5.41, 5.74) is 1.12. The third kappa shape index (κ3) is 2.85.